The Balaban J connectivity index is 1.75. The van der Waals surface area contributed by atoms with Gasteiger partial charge < -0.3 is 14.7 Å². The number of alkyl halides is 3. The second kappa shape index (κ2) is 5.84. The molecule has 1 N–H and O–H groups in total. The molecule has 1 fully saturated rings. The van der Waals surface area contributed by atoms with E-state index in [2.05, 4.69) is 20.0 Å². The summed E-state index contributed by atoms with van der Waals surface area (Å²) in [4.78, 5) is 18.2. The van der Waals surface area contributed by atoms with Crippen molar-refractivity contribution in [3.63, 3.8) is 0 Å². The summed E-state index contributed by atoms with van der Waals surface area (Å²) in [6.45, 7) is 0.402. The van der Waals surface area contributed by atoms with Gasteiger partial charge in [-0.25, -0.2) is 4.79 Å². The molecule has 0 bridgehead atoms. The number of aromatic nitrogens is 2. The number of carbonyl (C=O) groups is 1. The van der Waals surface area contributed by atoms with Crippen LogP contribution < -0.4 is 5.32 Å². The highest BCUT2D eigenvalue weighted by molar-refractivity contribution is 7.15. The molecule has 23 heavy (non-hydrogen) atoms. The van der Waals surface area contributed by atoms with Crippen LogP contribution in [0.3, 0.4) is 0 Å². The third-order valence-electron chi connectivity index (χ3n) is 3.34. The highest BCUT2D eigenvalue weighted by Crippen LogP contribution is 2.33. The smallest absolute Gasteiger partial charge is 0.341 e. The molecule has 1 saturated carbocycles. The predicted octanol–water partition coefficient (Wildman–Crippen LogP) is 3.12. The van der Waals surface area contributed by atoms with Gasteiger partial charge in [0.15, 0.2) is 0 Å². The van der Waals surface area contributed by atoms with Crippen molar-refractivity contribution in [3.05, 3.63) is 22.9 Å². The maximum absolute atomic E-state index is 12.5. The molecule has 0 spiro atoms. The van der Waals surface area contributed by atoms with Crippen LogP contribution in [0.4, 0.5) is 18.0 Å². The van der Waals surface area contributed by atoms with Crippen LogP contribution in [0.2, 0.25) is 0 Å². The Morgan fingerprint density at radius 3 is 2.78 bits per heavy atom. The maximum Gasteiger partial charge on any atom is 0.471 e. The first-order valence-corrected chi connectivity index (χ1v) is 7.68. The molecule has 2 aromatic heterocycles. The Hall–Kier alpha value is -2.10. The van der Waals surface area contributed by atoms with Crippen LogP contribution >= 0.6 is 11.3 Å². The minimum absolute atomic E-state index is 0.105. The average molecular weight is 346 g/mol. The van der Waals surface area contributed by atoms with Crippen LogP contribution in [-0.4, -0.2) is 34.2 Å². The summed E-state index contributed by atoms with van der Waals surface area (Å²) in [5.74, 6) is -1.47. The first-order valence-electron chi connectivity index (χ1n) is 6.87. The Bertz CT molecular complexity index is 708. The molecule has 0 saturated heterocycles. The van der Waals surface area contributed by atoms with Gasteiger partial charge in [-0.3, -0.25) is 0 Å². The standard InChI is InChI=1S/C13H13F3N4O2S/c1-17-12(21)20(7-2-3-7)6-8-4-5-9(23-8)10-18-11(22-19-10)13(14,15)16/h4-5,7H,2-3,6H2,1H3,(H,17,21). The molecule has 1 aliphatic carbocycles. The molecule has 10 heteroatoms. The van der Waals surface area contributed by atoms with Gasteiger partial charge in [0, 0.05) is 18.0 Å². The number of nitrogens with one attached hydrogen (secondary N) is 1. The lowest BCUT2D eigenvalue weighted by Crippen LogP contribution is -2.38. The number of nitrogens with zero attached hydrogens (tertiary/aromatic N) is 3. The van der Waals surface area contributed by atoms with Crippen molar-refractivity contribution in [2.24, 2.45) is 0 Å². The number of hydrogen-bond donors (Lipinski definition) is 1. The summed E-state index contributed by atoms with van der Waals surface area (Å²) in [7, 11) is 1.57. The van der Waals surface area contributed by atoms with E-state index in [-0.39, 0.29) is 17.9 Å². The van der Waals surface area contributed by atoms with Crippen LogP contribution in [0.1, 0.15) is 23.6 Å². The van der Waals surface area contributed by atoms with E-state index < -0.39 is 12.1 Å². The highest BCUT2D eigenvalue weighted by atomic mass is 32.1. The van der Waals surface area contributed by atoms with Crippen molar-refractivity contribution >= 4 is 17.4 Å². The molecule has 3 rings (SSSR count). The van der Waals surface area contributed by atoms with Gasteiger partial charge >= 0.3 is 18.1 Å². The van der Waals surface area contributed by atoms with Gasteiger partial charge in [0.2, 0.25) is 5.82 Å². The van der Waals surface area contributed by atoms with Crippen molar-refractivity contribution in [2.45, 2.75) is 31.6 Å². The van der Waals surface area contributed by atoms with E-state index >= 15 is 0 Å². The number of carbonyl (C=O) groups excluding carboxylic acids is 1. The molecule has 124 valence electrons. The van der Waals surface area contributed by atoms with E-state index in [4.69, 9.17) is 0 Å². The van der Waals surface area contributed by atoms with Gasteiger partial charge in [0.1, 0.15) is 0 Å². The van der Waals surface area contributed by atoms with Gasteiger partial charge in [-0.1, -0.05) is 5.16 Å². The molecule has 2 heterocycles. The first-order chi connectivity index (χ1) is 10.9. The fraction of sp³-hybridized carbons (Fsp3) is 0.462. The predicted molar refractivity (Wildman–Crippen MR) is 75.6 cm³/mol. The van der Waals surface area contributed by atoms with Crippen molar-refractivity contribution in [1.29, 1.82) is 0 Å². The van der Waals surface area contributed by atoms with Crippen LogP contribution in [0, 0.1) is 0 Å². The molecule has 1 aliphatic rings. The van der Waals surface area contributed by atoms with E-state index in [1.165, 1.54) is 11.3 Å². The van der Waals surface area contributed by atoms with Crippen LogP contribution in [0.5, 0.6) is 0 Å². The Morgan fingerprint density at radius 1 is 1.48 bits per heavy atom. The lowest BCUT2D eigenvalue weighted by atomic mass is 10.4. The van der Waals surface area contributed by atoms with Gasteiger partial charge in [-0.05, 0) is 25.0 Å². The van der Waals surface area contributed by atoms with Crippen molar-refractivity contribution < 1.29 is 22.5 Å². The number of thiophene rings is 1. The third kappa shape index (κ3) is 3.46. The fourth-order valence-corrected chi connectivity index (χ4v) is 3.02. The average Bonchev–Trinajstić information content (AvgIpc) is 3.02. The molecule has 6 nitrogen and oxygen atoms in total. The van der Waals surface area contributed by atoms with Gasteiger partial charge in [0.05, 0.1) is 11.4 Å². The van der Waals surface area contributed by atoms with E-state index in [1.54, 1.807) is 24.1 Å². The second-order valence-electron chi connectivity index (χ2n) is 5.10. The number of hydrogen-bond acceptors (Lipinski definition) is 5. The lowest BCUT2D eigenvalue weighted by Gasteiger charge is -2.20. The molecule has 0 atom stereocenters. The Morgan fingerprint density at radius 2 is 2.22 bits per heavy atom. The zero-order chi connectivity index (χ0) is 16.6. The summed E-state index contributed by atoms with van der Waals surface area (Å²) < 4.78 is 41.6. The number of amides is 2. The van der Waals surface area contributed by atoms with E-state index in [9.17, 15) is 18.0 Å². The normalized spacial score (nSPS) is 14.8. The highest BCUT2D eigenvalue weighted by Gasteiger charge is 2.38. The van der Waals surface area contributed by atoms with Crippen molar-refractivity contribution in [1.82, 2.24) is 20.4 Å². The maximum atomic E-state index is 12.5. The zero-order valence-electron chi connectivity index (χ0n) is 12.1. The van der Waals surface area contributed by atoms with E-state index in [1.807, 2.05) is 0 Å². The van der Waals surface area contributed by atoms with E-state index in [0.717, 1.165) is 17.7 Å². The second-order valence-corrected chi connectivity index (χ2v) is 6.27. The summed E-state index contributed by atoms with van der Waals surface area (Å²) in [6, 6.07) is 3.44. The largest absolute Gasteiger partial charge is 0.471 e. The summed E-state index contributed by atoms with van der Waals surface area (Å²) in [5, 5.41) is 5.95. The summed E-state index contributed by atoms with van der Waals surface area (Å²) >= 11 is 1.24. The molecular weight excluding hydrogens is 333 g/mol. The number of rotatable bonds is 4. The number of urea groups is 1. The molecule has 0 radical (unpaired) electrons. The lowest BCUT2D eigenvalue weighted by molar-refractivity contribution is -0.159. The SMILES string of the molecule is CNC(=O)N(Cc1ccc(-c2noc(C(F)(F)F)n2)s1)C1CC1. The molecule has 0 unspecified atom stereocenters. The quantitative estimate of drug-likeness (QED) is 0.923. The van der Waals surface area contributed by atoms with Gasteiger partial charge in [-0.15, -0.1) is 11.3 Å². The van der Waals surface area contributed by atoms with E-state index in [0.29, 0.717) is 11.4 Å². The van der Waals surface area contributed by atoms with Crippen molar-refractivity contribution in [3.8, 4) is 10.7 Å². The Labute approximate surface area is 133 Å². The third-order valence-corrected chi connectivity index (χ3v) is 4.41. The van der Waals surface area contributed by atoms with Crippen molar-refractivity contribution in [2.75, 3.05) is 7.05 Å². The molecule has 0 aliphatic heterocycles. The monoisotopic (exact) mass is 346 g/mol. The molecule has 2 amide bonds. The molecule has 0 aromatic carbocycles. The van der Waals surface area contributed by atoms with Gasteiger partial charge in [-0.2, -0.15) is 18.2 Å². The Kier molecular flexibility index (Phi) is 4.00. The molecular formula is C13H13F3N4O2S. The van der Waals surface area contributed by atoms with Gasteiger partial charge in [0.25, 0.3) is 0 Å². The topological polar surface area (TPSA) is 71.3 Å². The van der Waals surface area contributed by atoms with Crippen LogP contribution in [-0.2, 0) is 12.7 Å². The summed E-state index contributed by atoms with van der Waals surface area (Å²) in [5.41, 5.74) is 0. The first kappa shape index (κ1) is 15.8. The van der Waals surface area contributed by atoms with Crippen LogP contribution in [0.25, 0.3) is 10.7 Å². The fourth-order valence-electron chi connectivity index (χ4n) is 2.09. The minimum atomic E-state index is -4.66. The minimum Gasteiger partial charge on any atom is -0.341 e. The zero-order valence-corrected chi connectivity index (χ0v) is 12.9. The molecule has 2 aromatic rings. The summed E-state index contributed by atoms with van der Waals surface area (Å²) in [6.07, 6.45) is -2.73. The van der Waals surface area contributed by atoms with Crippen LogP contribution in [0.15, 0.2) is 16.7 Å². The number of halogens is 3.